The third-order valence-electron chi connectivity index (χ3n) is 4.24. The van der Waals surface area contributed by atoms with Crippen LogP contribution in [0, 0.1) is 6.92 Å². The molecule has 6 nitrogen and oxygen atoms in total. The van der Waals surface area contributed by atoms with Crippen LogP contribution in [0.15, 0.2) is 59.0 Å². The summed E-state index contributed by atoms with van der Waals surface area (Å²) in [6.07, 6.45) is 0. The zero-order valence-electron chi connectivity index (χ0n) is 16.2. The third-order valence-corrected chi connectivity index (χ3v) is 4.45. The summed E-state index contributed by atoms with van der Waals surface area (Å²) in [7, 11) is 0. The second kappa shape index (κ2) is 9.36. The number of aliphatic hydroxyl groups excluding tert-OH is 1. The summed E-state index contributed by atoms with van der Waals surface area (Å²) in [5, 5.41) is 15.1. The lowest BCUT2D eigenvalue weighted by molar-refractivity contribution is 0.0977. The molecule has 1 amide bonds. The van der Waals surface area contributed by atoms with E-state index < -0.39 is 0 Å². The summed E-state index contributed by atoms with van der Waals surface area (Å²) in [6.45, 7) is 4.25. The van der Waals surface area contributed by atoms with E-state index in [1.165, 1.54) is 0 Å². The van der Waals surface area contributed by atoms with Crippen LogP contribution in [-0.4, -0.2) is 22.7 Å². The molecule has 3 N–H and O–H groups in total. The summed E-state index contributed by atoms with van der Waals surface area (Å²) in [4.78, 5) is 12.4. The van der Waals surface area contributed by atoms with Gasteiger partial charge in [0.2, 0.25) is 0 Å². The Kier molecular flexibility index (Phi) is 6.64. The maximum absolute atomic E-state index is 12.4. The van der Waals surface area contributed by atoms with E-state index in [4.69, 9.17) is 26.5 Å². The van der Waals surface area contributed by atoms with Crippen molar-refractivity contribution in [3.63, 3.8) is 0 Å². The van der Waals surface area contributed by atoms with E-state index in [0.717, 1.165) is 16.8 Å². The fourth-order valence-electron chi connectivity index (χ4n) is 2.73. The summed E-state index contributed by atoms with van der Waals surface area (Å²) >= 11 is 5.30. The second-order valence-corrected chi connectivity index (χ2v) is 6.73. The minimum Gasteiger partial charge on any atom is -0.494 e. The Morgan fingerprint density at radius 3 is 2.55 bits per heavy atom. The highest BCUT2D eigenvalue weighted by molar-refractivity contribution is 7.80. The molecule has 0 atom stereocenters. The fraction of sp³-hybridized carbons (Fsp3) is 0.182. The molecular formula is C22H22N2O4S. The fourth-order valence-corrected chi connectivity index (χ4v) is 2.93. The zero-order chi connectivity index (χ0) is 20.8. The Morgan fingerprint density at radius 2 is 1.90 bits per heavy atom. The van der Waals surface area contributed by atoms with Gasteiger partial charge in [0, 0.05) is 16.8 Å². The van der Waals surface area contributed by atoms with E-state index in [1.54, 1.807) is 36.4 Å². The molecule has 29 heavy (non-hydrogen) atoms. The van der Waals surface area contributed by atoms with Crippen molar-refractivity contribution in [3.05, 3.63) is 71.5 Å². The number of amides is 1. The predicted octanol–water partition coefficient (Wildman–Crippen LogP) is 4.27. The maximum Gasteiger partial charge on any atom is 0.257 e. The zero-order valence-corrected chi connectivity index (χ0v) is 17.0. The van der Waals surface area contributed by atoms with Gasteiger partial charge in [0.15, 0.2) is 5.11 Å². The Labute approximate surface area is 174 Å². The van der Waals surface area contributed by atoms with E-state index in [2.05, 4.69) is 10.6 Å². The molecular weight excluding hydrogens is 388 g/mol. The molecule has 0 aliphatic carbocycles. The lowest BCUT2D eigenvalue weighted by atomic mass is 10.1. The Morgan fingerprint density at radius 1 is 1.14 bits per heavy atom. The van der Waals surface area contributed by atoms with Crippen LogP contribution in [-0.2, 0) is 6.61 Å². The van der Waals surface area contributed by atoms with Crippen LogP contribution >= 0.6 is 12.2 Å². The normalized spacial score (nSPS) is 10.4. The topological polar surface area (TPSA) is 83.7 Å². The quantitative estimate of drug-likeness (QED) is 0.526. The van der Waals surface area contributed by atoms with Gasteiger partial charge < -0.3 is 19.6 Å². The van der Waals surface area contributed by atoms with E-state index in [1.807, 2.05) is 32.0 Å². The summed E-state index contributed by atoms with van der Waals surface area (Å²) in [5.74, 6) is 1.53. The number of furan rings is 1. The van der Waals surface area contributed by atoms with Gasteiger partial charge in [-0.2, -0.15) is 0 Å². The molecule has 7 heteroatoms. The summed E-state index contributed by atoms with van der Waals surface area (Å²) in [5.41, 5.74) is 3.02. The summed E-state index contributed by atoms with van der Waals surface area (Å²) in [6, 6.07) is 16.1. The molecule has 3 rings (SSSR count). The van der Waals surface area contributed by atoms with Crippen molar-refractivity contribution in [2.75, 3.05) is 11.9 Å². The van der Waals surface area contributed by atoms with Gasteiger partial charge in [0.25, 0.3) is 5.91 Å². The highest BCUT2D eigenvalue weighted by Gasteiger charge is 2.11. The molecule has 0 radical (unpaired) electrons. The molecule has 0 fully saturated rings. The molecule has 0 unspecified atom stereocenters. The average molecular weight is 410 g/mol. The molecule has 0 spiro atoms. The van der Waals surface area contributed by atoms with Crippen LogP contribution in [0.1, 0.15) is 28.6 Å². The highest BCUT2D eigenvalue weighted by atomic mass is 32.1. The lowest BCUT2D eigenvalue weighted by Crippen LogP contribution is -2.34. The molecule has 0 saturated heterocycles. The van der Waals surface area contributed by atoms with Crippen LogP contribution in [0.3, 0.4) is 0 Å². The van der Waals surface area contributed by atoms with Crippen molar-refractivity contribution in [1.82, 2.24) is 5.32 Å². The Hall–Kier alpha value is -3.16. The van der Waals surface area contributed by atoms with Gasteiger partial charge in [0.1, 0.15) is 23.9 Å². The predicted molar refractivity (Wildman–Crippen MR) is 116 cm³/mol. The van der Waals surface area contributed by atoms with Crippen LogP contribution in [0.5, 0.6) is 5.75 Å². The molecule has 2 aromatic carbocycles. The molecule has 0 bridgehead atoms. The van der Waals surface area contributed by atoms with Crippen molar-refractivity contribution < 1.29 is 19.1 Å². The van der Waals surface area contributed by atoms with Crippen LogP contribution in [0.4, 0.5) is 5.69 Å². The number of nitrogens with one attached hydrogen (secondary N) is 2. The highest BCUT2D eigenvalue weighted by Crippen LogP contribution is 2.27. The smallest absolute Gasteiger partial charge is 0.257 e. The largest absolute Gasteiger partial charge is 0.494 e. The first-order chi connectivity index (χ1) is 14.0. The molecule has 150 valence electrons. The van der Waals surface area contributed by atoms with Crippen molar-refractivity contribution in [3.8, 4) is 17.1 Å². The number of hydrogen-bond donors (Lipinski definition) is 3. The van der Waals surface area contributed by atoms with Gasteiger partial charge in [-0.1, -0.05) is 12.1 Å². The first kappa shape index (κ1) is 20.6. The molecule has 1 aromatic heterocycles. The second-order valence-electron chi connectivity index (χ2n) is 6.32. The number of aliphatic hydroxyl groups is 1. The van der Waals surface area contributed by atoms with Crippen molar-refractivity contribution in [2.45, 2.75) is 20.5 Å². The van der Waals surface area contributed by atoms with Gasteiger partial charge in [-0.05, 0) is 74.1 Å². The number of thiocarbonyl (C=S) groups is 1. The first-order valence-corrected chi connectivity index (χ1v) is 9.56. The van der Waals surface area contributed by atoms with Gasteiger partial charge in [-0.3, -0.25) is 10.1 Å². The molecule has 1 heterocycles. The number of rotatable bonds is 6. The van der Waals surface area contributed by atoms with E-state index >= 15 is 0 Å². The number of ether oxygens (including phenoxy) is 1. The van der Waals surface area contributed by atoms with Gasteiger partial charge >= 0.3 is 0 Å². The molecule has 3 aromatic rings. The van der Waals surface area contributed by atoms with Crippen molar-refractivity contribution >= 4 is 28.9 Å². The van der Waals surface area contributed by atoms with E-state index in [-0.39, 0.29) is 17.6 Å². The van der Waals surface area contributed by atoms with Crippen LogP contribution < -0.4 is 15.4 Å². The van der Waals surface area contributed by atoms with Gasteiger partial charge in [-0.25, -0.2) is 0 Å². The number of carbonyl (C=O) groups excluding carboxylic acids is 1. The SMILES string of the molecule is CCOc1ccc(C(=O)NC(=S)Nc2cc(-c3ccc(CO)o3)ccc2C)cc1. The number of benzene rings is 2. The summed E-state index contributed by atoms with van der Waals surface area (Å²) < 4.78 is 11.0. The Bertz CT molecular complexity index is 1010. The van der Waals surface area contributed by atoms with E-state index in [0.29, 0.717) is 29.4 Å². The van der Waals surface area contributed by atoms with Gasteiger partial charge in [0.05, 0.1) is 6.61 Å². The first-order valence-electron chi connectivity index (χ1n) is 9.16. The average Bonchev–Trinajstić information content (AvgIpc) is 3.19. The minimum absolute atomic E-state index is 0.154. The number of aryl methyl sites for hydroxylation is 1. The standard InChI is InChI=1S/C22H22N2O4S/c1-3-27-17-8-6-15(7-9-17)21(26)24-22(29)23-19-12-16(5-4-14(19)2)20-11-10-18(13-25)28-20/h4-12,25H,3,13H2,1-2H3,(H2,23,24,26,29). The maximum atomic E-state index is 12.4. The number of hydrogen-bond acceptors (Lipinski definition) is 5. The van der Waals surface area contributed by atoms with Gasteiger partial charge in [-0.15, -0.1) is 0 Å². The molecule has 0 aliphatic heterocycles. The van der Waals surface area contributed by atoms with Crippen LogP contribution in [0.2, 0.25) is 0 Å². The van der Waals surface area contributed by atoms with Crippen LogP contribution in [0.25, 0.3) is 11.3 Å². The van der Waals surface area contributed by atoms with Crippen molar-refractivity contribution in [1.29, 1.82) is 0 Å². The monoisotopic (exact) mass is 410 g/mol. The number of carbonyl (C=O) groups is 1. The Balaban J connectivity index is 1.68. The minimum atomic E-state index is -0.307. The number of anilines is 1. The molecule has 0 aliphatic rings. The lowest BCUT2D eigenvalue weighted by Gasteiger charge is -2.13. The van der Waals surface area contributed by atoms with E-state index in [9.17, 15) is 4.79 Å². The third kappa shape index (κ3) is 5.22. The van der Waals surface area contributed by atoms with Crippen molar-refractivity contribution in [2.24, 2.45) is 0 Å². The molecule has 0 saturated carbocycles.